The number of rotatable bonds is 1. The Kier molecular flexibility index (Phi) is 1.30. The maximum absolute atomic E-state index is 2.52. The van der Waals surface area contributed by atoms with E-state index in [0.717, 1.165) is 6.54 Å². The highest BCUT2D eigenvalue weighted by Gasteiger charge is 2.50. The van der Waals surface area contributed by atoms with Crippen molar-refractivity contribution in [2.45, 2.75) is 25.2 Å². The molecule has 1 aliphatic heterocycles. The van der Waals surface area contributed by atoms with Crippen molar-refractivity contribution < 1.29 is 0 Å². The molecular weight excluding hydrogens is 158 g/mol. The molecule has 13 heavy (non-hydrogen) atoms. The van der Waals surface area contributed by atoms with Gasteiger partial charge in [-0.25, -0.2) is 0 Å². The second-order valence-electron chi connectivity index (χ2n) is 4.31. The lowest BCUT2D eigenvalue weighted by Gasteiger charge is -2.16. The van der Waals surface area contributed by atoms with Gasteiger partial charge >= 0.3 is 0 Å². The van der Waals surface area contributed by atoms with Crippen molar-refractivity contribution in [1.82, 2.24) is 0 Å². The minimum absolute atomic E-state index is 0.576. The zero-order valence-corrected chi connectivity index (χ0v) is 8.09. The van der Waals surface area contributed by atoms with Crippen LogP contribution in [0.4, 0.5) is 5.69 Å². The van der Waals surface area contributed by atoms with E-state index in [-0.39, 0.29) is 0 Å². The van der Waals surface area contributed by atoms with E-state index < -0.39 is 0 Å². The Hall–Kier alpha value is -0.980. The van der Waals surface area contributed by atoms with Gasteiger partial charge < -0.3 is 4.90 Å². The molecule has 1 saturated carbocycles. The summed E-state index contributed by atoms with van der Waals surface area (Å²) in [5.74, 6) is 0. The Morgan fingerprint density at radius 2 is 2.08 bits per heavy atom. The smallest absolute Gasteiger partial charge is 0.0405 e. The van der Waals surface area contributed by atoms with E-state index in [4.69, 9.17) is 0 Å². The van der Waals surface area contributed by atoms with Crippen LogP contribution in [0, 0.1) is 0 Å². The molecule has 2 aliphatic rings. The lowest BCUT2D eigenvalue weighted by molar-refractivity contribution is 0.707. The molecule has 0 unspecified atom stereocenters. The second kappa shape index (κ2) is 2.28. The summed E-state index contributed by atoms with van der Waals surface area (Å²) in [6, 6.07) is 8.92. The molecule has 0 aromatic heterocycles. The molecule has 1 fully saturated rings. The lowest BCUT2D eigenvalue weighted by atomic mass is 9.99. The fraction of sp³-hybridized carbons (Fsp3) is 0.500. The number of anilines is 1. The number of hydrogen-bond donors (Lipinski definition) is 0. The molecule has 1 heteroatoms. The minimum atomic E-state index is 0.576. The van der Waals surface area contributed by atoms with Crippen molar-refractivity contribution >= 4 is 5.69 Å². The van der Waals surface area contributed by atoms with Crippen molar-refractivity contribution in [2.24, 2.45) is 0 Å². The van der Waals surface area contributed by atoms with Crippen LogP contribution in [-0.2, 0) is 5.41 Å². The third-order valence-corrected chi connectivity index (χ3v) is 3.54. The van der Waals surface area contributed by atoms with E-state index in [2.05, 4.69) is 36.1 Å². The van der Waals surface area contributed by atoms with Crippen molar-refractivity contribution in [1.29, 1.82) is 0 Å². The second-order valence-corrected chi connectivity index (χ2v) is 4.31. The molecule has 0 N–H and O–H groups in total. The van der Waals surface area contributed by atoms with Gasteiger partial charge in [0.25, 0.3) is 0 Å². The first-order valence-electron chi connectivity index (χ1n) is 5.20. The van der Waals surface area contributed by atoms with Crippen LogP contribution in [0.3, 0.4) is 0 Å². The highest BCUT2D eigenvalue weighted by molar-refractivity contribution is 5.64. The van der Waals surface area contributed by atoms with Crippen LogP contribution >= 0.6 is 0 Å². The lowest BCUT2D eigenvalue weighted by Crippen LogP contribution is -2.23. The maximum Gasteiger partial charge on any atom is 0.0405 e. The van der Waals surface area contributed by atoms with Gasteiger partial charge in [-0.15, -0.1) is 0 Å². The van der Waals surface area contributed by atoms with E-state index in [9.17, 15) is 0 Å². The molecular formula is C12H15N. The first kappa shape index (κ1) is 7.43. The third-order valence-electron chi connectivity index (χ3n) is 3.54. The van der Waals surface area contributed by atoms with Gasteiger partial charge in [0.1, 0.15) is 0 Å². The fourth-order valence-electron chi connectivity index (χ4n) is 2.59. The van der Waals surface area contributed by atoms with Gasteiger partial charge in [-0.3, -0.25) is 0 Å². The van der Waals surface area contributed by atoms with Gasteiger partial charge in [0.05, 0.1) is 0 Å². The summed E-state index contributed by atoms with van der Waals surface area (Å²) in [6.45, 7) is 4.67. The first-order chi connectivity index (χ1) is 6.36. The van der Waals surface area contributed by atoms with Crippen LogP contribution in [-0.4, -0.2) is 13.1 Å². The summed E-state index contributed by atoms with van der Waals surface area (Å²) in [5.41, 5.74) is 3.67. The number of likely N-dealkylation sites (N-methyl/N-ethyl adjacent to an activating group) is 1. The Morgan fingerprint density at radius 3 is 2.77 bits per heavy atom. The zero-order valence-electron chi connectivity index (χ0n) is 8.09. The fourth-order valence-corrected chi connectivity index (χ4v) is 2.59. The predicted molar refractivity (Wildman–Crippen MR) is 55.2 cm³/mol. The van der Waals surface area contributed by atoms with Crippen LogP contribution < -0.4 is 4.90 Å². The summed E-state index contributed by atoms with van der Waals surface area (Å²) in [7, 11) is 0. The van der Waals surface area contributed by atoms with Crippen LogP contribution in [0.15, 0.2) is 24.3 Å². The Balaban J connectivity index is 2.13. The zero-order chi connectivity index (χ0) is 8.89. The molecule has 68 valence electrons. The maximum atomic E-state index is 2.52. The van der Waals surface area contributed by atoms with E-state index in [1.165, 1.54) is 25.1 Å². The SMILES string of the molecule is CCN1CC2(CC2)c2ccccc21. The predicted octanol–water partition coefficient (Wildman–Crippen LogP) is 2.56. The number of fused-ring (bicyclic) bond motifs is 2. The Morgan fingerprint density at radius 1 is 1.31 bits per heavy atom. The summed E-state index contributed by atoms with van der Waals surface area (Å²) in [5, 5.41) is 0. The molecule has 0 radical (unpaired) electrons. The molecule has 0 amide bonds. The van der Waals surface area contributed by atoms with Gasteiger partial charge in [0.15, 0.2) is 0 Å². The number of benzene rings is 1. The normalized spacial score (nSPS) is 22.1. The molecule has 1 aliphatic carbocycles. The molecule has 1 heterocycles. The Bertz CT molecular complexity index is 339. The highest BCUT2D eigenvalue weighted by Crippen LogP contribution is 2.56. The molecule has 1 aromatic carbocycles. The monoisotopic (exact) mass is 173 g/mol. The van der Waals surface area contributed by atoms with Gasteiger partial charge in [0, 0.05) is 24.2 Å². The average molecular weight is 173 g/mol. The number of para-hydroxylation sites is 1. The van der Waals surface area contributed by atoms with E-state index in [0.29, 0.717) is 5.41 Å². The molecule has 1 aromatic rings. The number of hydrogen-bond acceptors (Lipinski definition) is 1. The van der Waals surface area contributed by atoms with Crippen LogP contribution in [0.1, 0.15) is 25.3 Å². The molecule has 0 bridgehead atoms. The number of nitrogens with zero attached hydrogens (tertiary/aromatic N) is 1. The van der Waals surface area contributed by atoms with Crippen molar-refractivity contribution in [3.05, 3.63) is 29.8 Å². The molecule has 1 nitrogen and oxygen atoms in total. The summed E-state index contributed by atoms with van der Waals surface area (Å²) >= 11 is 0. The van der Waals surface area contributed by atoms with Gasteiger partial charge in [-0.05, 0) is 31.4 Å². The van der Waals surface area contributed by atoms with Crippen LogP contribution in [0.2, 0.25) is 0 Å². The molecule has 0 saturated heterocycles. The van der Waals surface area contributed by atoms with Crippen molar-refractivity contribution in [3.63, 3.8) is 0 Å². The van der Waals surface area contributed by atoms with E-state index in [1.807, 2.05) is 0 Å². The van der Waals surface area contributed by atoms with Crippen molar-refractivity contribution in [2.75, 3.05) is 18.0 Å². The largest absolute Gasteiger partial charge is 0.371 e. The molecule has 3 rings (SSSR count). The van der Waals surface area contributed by atoms with Crippen LogP contribution in [0.5, 0.6) is 0 Å². The van der Waals surface area contributed by atoms with E-state index >= 15 is 0 Å². The Labute approximate surface area is 79.4 Å². The molecule has 1 spiro atoms. The average Bonchev–Trinajstić information content (AvgIpc) is 2.87. The topological polar surface area (TPSA) is 3.24 Å². The van der Waals surface area contributed by atoms with Crippen LogP contribution in [0.25, 0.3) is 0 Å². The van der Waals surface area contributed by atoms with Gasteiger partial charge in [0.2, 0.25) is 0 Å². The quantitative estimate of drug-likeness (QED) is 0.631. The van der Waals surface area contributed by atoms with Gasteiger partial charge in [-0.2, -0.15) is 0 Å². The third kappa shape index (κ3) is 0.874. The first-order valence-corrected chi connectivity index (χ1v) is 5.20. The molecule has 0 atom stereocenters. The highest BCUT2D eigenvalue weighted by atomic mass is 15.2. The van der Waals surface area contributed by atoms with Crippen molar-refractivity contribution in [3.8, 4) is 0 Å². The summed E-state index contributed by atoms with van der Waals surface area (Å²) in [6.07, 6.45) is 2.81. The summed E-state index contributed by atoms with van der Waals surface area (Å²) < 4.78 is 0. The van der Waals surface area contributed by atoms with Gasteiger partial charge in [-0.1, -0.05) is 18.2 Å². The summed E-state index contributed by atoms with van der Waals surface area (Å²) in [4.78, 5) is 2.52. The standard InChI is InChI=1S/C12H15N/c1-2-13-9-12(7-8-12)10-5-3-4-6-11(10)13/h3-6H,2,7-9H2,1H3. The minimum Gasteiger partial charge on any atom is -0.371 e. The van der Waals surface area contributed by atoms with E-state index in [1.54, 1.807) is 5.56 Å².